The first-order valence-electron chi connectivity index (χ1n) is 5.77. The summed E-state index contributed by atoms with van der Waals surface area (Å²) in [5.41, 5.74) is 5.53. The second kappa shape index (κ2) is 5.25. The molecule has 1 aromatic heterocycles. The highest BCUT2D eigenvalue weighted by molar-refractivity contribution is 5.34. The van der Waals surface area contributed by atoms with Gasteiger partial charge in [0, 0.05) is 17.5 Å². The molecule has 1 heterocycles. The van der Waals surface area contributed by atoms with Crippen LogP contribution in [0.3, 0.4) is 0 Å². The van der Waals surface area contributed by atoms with Gasteiger partial charge in [-0.05, 0) is 31.0 Å². The van der Waals surface area contributed by atoms with Crippen molar-refractivity contribution in [3.63, 3.8) is 0 Å². The first-order chi connectivity index (χ1) is 8.63. The number of hydrogen-bond donors (Lipinski definition) is 2. The lowest BCUT2D eigenvalue weighted by molar-refractivity contribution is 0.553. The van der Waals surface area contributed by atoms with Gasteiger partial charge in [0.15, 0.2) is 0 Å². The summed E-state index contributed by atoms with van der Waals surface area (Å²) in [6.07, 6.45) is 1.71. The van der Waals surface area contributed by atoms with Crippen LogP contribution in [0.25, 0.3) is 0 Å². The second-order valence-corrected chi connectivity index (χ2v) is 4.31. The first kappa shape index (κ1) is 12.7. The Morgan fingerprint density at radius 1 is 1.22 bits per heavy atom. The molecule has 3 N–H and O–H groups in total. The lowest BCUT2D eigenvalue weighted by Crippen LogP contribution is -2.29. The molecule has 0 amide bonds. The van der Waals surface area contributed by atoms with Crippen molar-refractivity contribution in [3.05, 3.63) is 64.7 Å². The van der Waals surface area contributed by atoms with E-state index in [0.717, 1.165) is 11.3 Å². The Morgan fingerprint density at radius 3 is 2.61 bits per heavy atom. The van der Waals surface area contributed by atoms with Gasteiger partial charge < -0.3 is 0 Å². The molecular formula is C14H16FN3. The molecule has 0 aliphatic heterocycles. The third-order valence-electron chi connectivity index (χ3n) is 2.97. The lowest BCUT2D eigenvalue weighted by atomic mass is 9.98. The minimum atomic E-state index is -0.391. The lowest BCUT2D eigenvalue weighted by Gasteiger charge is -2.18. The molecule has 0 aliphatic carbocycles. The van der Waals surface area contributed by atoms with Gasteiger partial charge in [-0.3, -0.25) is 10.8 Å². The second-order valence-electron chi connectivity index (χ2n) is 4.31. The predicted molar refractivity (Wildman–Crippen MR) is 69.3 cm³/mol. The highest BCUT2D eigenvalue weighted by Crippen LogP contribution is 2.24. The third-order valence-corrected chi connectivity index (χ3v) is 2.97. The Balaban J connectivity index is 2.45. The van der Waals surface area contributed by atoms with Crippen molar-refractivity contribution in [3.8, 4) is 0 Å². The van der Waals surface area contributed by atoms with Gasteiger partial charge in [0.1, 0.15) is 5.82 Å². The van der Waals surface area contributed by atoms with Crippen LogP contribution >= 0.6 is 0 Å². The van der Waals surface area contributed by atoms with Crippen LogP contribution < -0.4 is 11.3 Å². The highest BCUT2D eigenvalue weighted by Gasteiger charge is 2.17. The van der Waals surface area contributed by atoms with Crippen molar-refractivity contribution in [2.45, 2.75) is 19.9 Å². The van der Waals surface area contributed by atoms with Crippen molar-refractivity contribution < 1.29 is 4.39 Å². The molecule has 0 fully saturated rings. The number of hydrogen-bond acceptors (Lipinski definition) is 3. The Hall–Kier alpha value is -1.78. The molecule has 2 aromatic rings. The average Bonchev–Trinajstić information content (AvgIpc) is 2.37. The van der Waals surface area contributed by atoms with Crippen LogP contribution in [0.5, 0.6) is 0 Å². The summed E-state index contributed by atoms with van der Waals surface area (Å²) in [6, 6.07) is 8.67. The van der Waals surface area contributed by atoms with Gasteiger partial charge in [-0.15, -0.1) is 0 Å². The molecule has 94 valence electrons. The van der Waals surface area contributed by atoms with E-state index in [4.69, 9.17) is 5.84 Å². The SMILES string of the molecule is Cc1ccc(C(NN)c2cccc(C)c2F)cn1. The fourth-order valence-corrected chi connectivity index (χ4v) is 1.91. The number of nitrogens with one attached hydrogen (secondary N) is 1. The zero-order valence-corrected chi connectivity index (χ0v) is 10.4. The van der Waals surface area contributed by atoms with Gasteiger partial charge in [-0.1, -0.05) is 24.3 Å². The van der Waals surface area contributed by atoms with E-state index in [1.54, 1.807) is 25.3 Å². The highest BCUT2D eigenvalue weighted by atomic mass is 19.1. The average molecular weight is 245 g/mol. The summed E-state index contributed by atoms with van der Waals surface area (Å²) in [6.45, 7) is 3.64. The van der Waals surface area contributed by atoms with Gasteiger partial charge in [0.05, 0.1) is 6.04 Å². The number of nitrogens with two attached hydrogens (primary N) is 1. The van der Waals surface area contributed by atoms with Crippen LogP contribution in [0.15, 0.2) is 36.5 Å². The van der Waals surface area contributed by atoms with Crippen molar-refractivity contribution in [2.24, 2.45) is 5.84 Å². The van der Waals surface area contributed by atoms with E-state index in [2.05, 4.69) is 10.4 Å². The van der Waals surface area contributed by atoms with Crippen LogP contribution in [-0.2, 0) is 0 Å². The van der Waals surface area contributed by atoms with Crippen LogP contribution in [0, 0.1) is 19.7 Å². The summed E-state index contributed by atoms with van der Waals surface area (Å²) < 4.78 is 14.1. The third kappa shape index (κ3) is 2.39. The maximum atomic E-state index is 14.1. The van der Waals surface area contributed by atoms with Crippen molar-refractivity contribution >= 4 is 0 Å². The van der Waals surface area contributed by atoms with E-state index in [0.29, 0.717) is 11.1 Å². The number of rotatable bonds is 3. The van der Waals surface area contributed by atoms with Gasteiger partial charge in [-0.25, -0.2) is 9.82 Å². The fourth-order valence-electron chi connectivity index (χ4n) is 1.91. The number of pyridine rings is 1. The largest absolute Gasteiger partial charge is 0.271 e. The number of nitrogens with zero attached hydrogens (tertiary/aromatic N) is 1. The Morgan fingerprint density at radius 2 is 2.00 bits per heavy atom. The minimum Gasteiger partial charge on any atom is -0.271 e. The molecule has 0 bridgehead atoms. The Kier molecular flexibility index (Phi) is 3.69. The quantitative estimate of drug-likeness (QED) is 0.645. The topological polar surface area (TPSA) is 50.9 Å². The van der Waals surface area contributed by atoms with Crippen molar-refractivity contribution in [2.75, 3.05) is 0 Å². The van der Waals surface area contributed by atoms with Crippen LogP contribution in [0.2, 0.25) is 0 Å². The molecule has 1 atom stereocenters. The van der Waals surface area contributed by atoms with Crippen LogP contribution in [0.4, 0.5) is 4.39 Å². The molecule has 0 saturated heterocycles. The summed E-state index contributed by atoms with van der Waals surface area (Å²) in [5, 5.41) is 0. The number of benzene rings is 1. The maximum absolute atomic E-state index is 14.1. The van der Waals surface area contributed by atoms with Crippen molar-refractivity contribution in [1.82, 2.24) is 10.4 Å². The number of halogens is 1. The molecular weight excluding hydrogens is 229 g/mol. The Bertz CT molecular complexity index is 537. The first-order valence-corrected chi connectivity index (χ1v) is 5.77. The molecule has 3 nitrogen and oxygen atoms in total. The van der Waals surface area contributed by atoms with E-state index in [1.807, 2.05) is 25.1 Å². The molecule has 0 spiro atoms. The van der Waals surface area contributed by atoms with E-state index >= 15 is 0 Å². The zero-order valence-electron chi connectivity index (χ0n) is 10.4. The minimum absolute atomic E-state index is 0.235. The standard InChI is InChI=1S/C14H16FN3/c1-9-4-3-5-12(13(9)15)14(18-16)11-7-6-10(2)17-8-11/h3-8,14,18H,16H2,1-2H3. The summed E-state index contributed by atoms with van der Waals surface area (Å²) >= 11 is 0. The maximum Gasteiger partial charge on any atom is 0.131 e. The molecule has 1 aromatic carbocycles. The molecule has 0 aliphatic rings. The Labute approximate surface area is 106 Å². The number of aromatic nitrogens is 1. The van der Waals surface area contributed by atoms with Crippen LogP contribution in [-0.4, -0.2) is 4.98 Å². The van der Waals surface area contributed by atoms with E-state index < -0.39 is 6.04 Å². The van der Waals surface area contributed by atoms with E-state index in [9.17, 15) is 4.39 Å². The van der Waals surface area contributed by atoms with Crippen LogP contribution in [0.1, 0.15) is 28.4 Å². The number of aryl methyl sites for hydroxylation is 2. The number of hydrazine groups is 1. The molecule has 0 saturated carbocycles. The molecule has 4 heteroatoms. The smallest absolute Gasteiger partial charge is 0.131 e. The van der Waals surface area contributed by atoms with Gasteiger partial charge >= 0.3 is 0 Å². The molecule has 1 unspecified atom stereocenters. The molecule has 18 heavy (non-hydrogen) atoms. The van der Waals surface area contributed by atoms with E-state index in [1.165, 1.54) is 0 Å². The molecule has 0 radical (unpaired) electrons. The monoisotopic (exact) mass is 245 g/mol. The van der Waals surface area contributed by atoms with Gasteiger partial charge in [-0.2, -0.15) is 0 Å². The van der Waals surface area contributed by atoms with Crippen molar-refractivity contribution in [1.29, 1.82) is 0 Å². The fraction of sp³-hybridized carbons (Fsp3) is 0.214. The van der Waals surface area contributed by atoms with Gasteiger partial charge in [0.2, 0.25) is 0 Å². The zero-order chi connectivity index (χ0) is 13.1. The summed E-state index contributed by atoms with van der Waals surface area (Å²) in [4.78, 5) is 4.21. The normalized spacial score (nSPS) is 12.4. The summed E-state index contributed by atoms with van der Waals surface area (Å²) in [5.74, 6) is 5.31. The van der Waals surface area contributed by atoms with E-state index in [-0.39, 0.29) is 5.82 Å². The van der Waals surface area contributed by atoms with Gasteiger partial charge in [0.25, 0.3) is 0 Å². The molecule has 2 rings (SSSR count). The predicted octanol–water partition coefficient (Wildman–Crippen LogP) is 2.39. The summed E-state index contributed by atoms with van der Waals surface area (Å²) in [7, 11) is 0.